The second-order valence-electron chi connectivity index (χ2n) is 1.37. The molecular weight excluding hydrogens is 126 g/mol. The van der Waals surface area contributed by atoms with Crippen molar-refractivity contribution in [1.29, 1.82) is 0 Å². The fourth-order valence-electron chi connectivity index (χ4n) is 0.292. The largest absolute Gasteiger partial charge is 0.481 e. The van der Waals surface area contributed by atoms with Crippen LogP contribution in [0.2, 0.25) is 0 Å². The topological polar surface area (TPSA) is 89.6 Å². The SMILES string of the molecule is N[C@@H](CC(=O)O)OC=O. The summed E-state index contributed by atoms with van der Waals surface area (Å²) >= 11 is 0. The summed E-state index contributed by atoms with van der Waals surface area (Å²) < 4.78 is 4.07. The van der Waals surface area contributed by atoms with Gasteiger partial charge in [-0.25, -0.2) is 0 Å². The molecule has 0 saturated carbocycles. The van der Waals surface area contributed by atoms with Crippen LogP contribution in [0.15, 0.2) is 0 Å². The zero-order valence-corrected chi connectivity index (χ0v) is 4.61. The number of hydrogen-bond acceptors (Lipinski definition) is 4. The van der Waals surface area contributed by atoms with Gasteiger partial charge < -0.3 is 9.84 Å². The highest BCUT2D eigenvalue weighted by Crippen LogP contribution is 1.86. The van der Waals surface area contributed by atoms with Gasteiger partial charge in [0.1, 0.15) is 0 Å². The summed E-state index contributed by atoms with van der Waals surface area (Å²) in [6.07, 6.45) is -1.39. The van der Waals surface area contributed by atoms with Crippen molar-refractivity contribution in [2.45, 2.75) is 12.6 Å². The van der Waals surface area contributed by atoms with Crippen LogP contribution in [0, 0.1) is 0 Å². The molecule has 0 fully saturated rings. The number of carboxylic acid groups (broad SMARTS) is 1. The molecule has 0 aromatic heterocycles. The molecule has 0 bridgehead atoms. The molecular formula is C4H7NO4. The molecule has 5 nitrogen and oxygen atoms in total. The number of carbonyl (C=O) groups excluding carboxylic acids is 1. The van der Waals surface area contributed by atoms with Crippen LogP contribution in [-0.4, -0.2) is 23.8 Å². The van der Waals surface area contributed by atoms with Crippen LogP contribution in [0.1, 0.15) is 6.42 Å². The smallest absolute Gasteiger partial charge is 0.308 e. The van der Waals surface area contributed by atoms with E-state index < -0.39 is 12.2 Å². The second-order valence-corrected chi connectivity index (χ2v) is 1.37. The Morgan fingerprint density at radius 2 is 2.44 bits per heavy atom. The Kier molecular flexibility index (Phi) is 3.38. The minimum atomic E-state index is -1.09. The van der Waals surface area contributed by atoms with Crippen molar-refractivity contribution in [1.82, 2.24) is 0 Å². The van der Waals surface area contributed by atoms with E-state index in [-0.39, 0.29) is 12.9 Å². The van der Waals surface area contributed by atoms with Gasteiger partial charge in [0.05, 0.1) is 6.42 Å². The zero-order chi connectivity index (χ0) is 7.28. The van der Waals surface area contributed by atoms with E-state index in [9.17, 15) is 9.59 Å². The first-order valence-corrected chi connectivity index (χ1v) is 2.23. The summed E-state index contributed by atoms with van der Waals surface area (Å²) in [7, 11) is 0. The van der Waals surface area contributed by atoms with Gasteiger partial charge in [0.15, 0.2) is 6.23 Å². The summed E-state index contributed by atoms with van der Waals surface area (Å²) in [6, 6.07) is 0. The lowest BCUT2D eigenvalue weighted by Crippen LogP contribution is -2.26. The van der Waals surface area contributed by atoms with Crippen molar-refractivity contribution in [2.24, 2.45) is 5.73 Å². The predicted molar refractivity (Wildman–Crippen MR) is 27.4 cm³/mol. The van der Waals surface area contributed by atoms with E-state index in [0.717, 1.165) is 0 Å². The molecule has 0 aliphatic rings. The predicted octanol–water partition coefficient (Wildman–Crippen LogP) is -1.08. The molecule has 1 atom stereocenters. The van der Waals surface area contributed by atoms with Crippen molar-refractivity contribution in [2.75, 3.05) is 0 Å². The van der Waals surface area contributed by atoms with Gasteiger partial charge in [-0.1, -0.05) is 0 Å². The van der Waals surface area contributed by atoms with Gasteiger partial charge in [0.2, 0.25) is 0 Å². The Morgan fingerprint density at radius 1 is 1.89 bits per heavy atom. The van der Waals surface area contributed by atoms with Crippen molar-refractivity contribution < 1.29 is 19.4 Å². The lowest BCUT2D eigenvalue weighted by atomic mass is 10.4. The summed E-state index contributed by atoms with van der Waals surface area (Å²) in [5.74, 6) is -1.09. The highest BCUT2D eigenvalue weighted by atomic mass is 16.5. The fourth-order valence-corrected chi connectivity index (χ4v) is 0.292. The third-order valence-electron chi connectivity index (χ3n) is 0.606. The molecule has 5 heteroatoms. The normalized spacial score (nSPS) is 12.1. The lowest BCUT2D eigenvalue weighted by Gasteiger charge is -2.03. The molecule has 0 spiro atoms. The van der Waals surface area contributed by atoms with Crippen LogP contribution in [-0.2, 0) is 14.3 Å². The summed E-state index contributed by atoms with van der Waals surface area (Å²) in [4.78, 5) is 19.3. The van der Waals surface area contributed by atoms with Crippen LogP contribution in [0.25, 0.3) is 0 Å². The van der Waals surface area contributed by atoms with E-state index in [1.54, 1.807) is 0 Å². The molecule has 0 aliphatic carbocycles. The van der Waals surface area contributed by atoms with Gasteiger partial charge in [-0.15, -0.1) is 0 Å². The van der Waals surface area contributed by atoms with E-state index in [1.165, 1.54) is 0 Å². The van der Waals surface area contributed by atoms with Crippen molar-refractivity contribution in [3.05, 3.63) is 0 Å². The molecule has 0 aromatic rings. The molecule has 3 N–H and O–H groups in total. The third-order valence-corrected chi connectivity index (χ3v) is 0.606. The Morgan fingerprint density at radius 3 is 2.78 bits per heavy atom. The maximum atomic E-state index is 9.81. The van der Waals surface area contributed by atoms with Gasteiger partial charge in [-0.3, -0.25) is 15.3 Å². The highest BCUT2D eigenvalue weighted by molar-refractivity contribution is 5.67. The Hall–Kier alpha value is -1.10. The fraction of sp³-hybridized carbons (Fsp3) is 0.500. The van der Waals surface area contributed by atoms with Crippen LogP contribution >= 0.6 is 0 Å². The number of hydrogen-bond donors (Lipinski definition) is 2. The van der Waals surface area contributed by atoms with Crippen LogP contribution in [0.5, 0.6) is 0 Å². The first-order chi connectivity index (χ1) is 4.16. The number of aliphatic carboxylic acids is 1. The number of carbonyl (C=O) groups is 2. The van der Waals surface area contributed by atoms with Crippen molar-refractivity contribution in [3.63, 3.8) is 0 Å². The minimum absolute atomic E-state index is 0.119. The van der Waals surface area contributed by atoms with Crippen molar-refractivity contribution in [3.8, 4) is 0 Å². The minimum Gasteiger partial charge on any atom is -0.481 e. The molecule has 0 aliphatic heterocycles. The molecule has 0 aromatic carbocycles. The Bertz CT molecular complexity index is 113. The van der Waals surface area contributed by atoms with E-state index in [4.69, 9.17) is 10.8 Å². The second kappa shape index (κ2) is 3.85. The maximum absolute atomic E-state index is 9.81. The van der Waals surface area contributed by atoms with Crippen LogP contribution in [0.3, 0.4) is 0 Å². The lowest BCUT2D eigenvalue weighted by molar-refractivity contribution is -0.143. The zero-order valence-electron chi connectivity index (χ0n) is 4.61. The van der Waals surface area contributed by atoms with E-state index in [0.29, 0.717) is 0 Å². The van der Waals surface area contributed by atoms with Gasteiger partial charge in [0, 0.05) is 0 Å². The van der Waals surface area contributed by atoms with E-state index in [1.807, 2.05) is 0 Å². The molecule has 0 saturated heterocycles. The van der Waals surface area contributed by atoms with Gasteiger partial charge in [0.25, 0.3) is 6.47 Å². The molecule has 9 heavy (non-hydrogen) atoms. The molecule has 0 unspecified atom stereocenters. The summed E-state index contributed by atoms with van der Waals surface area (Å²) in [6.45, 7) is 0.119. The first-order valence-electron chi connectivity index (χ1n) is 2.23. The average molecular weight is 133 g/mol. The van der Waals surface area contributed by atoms with E-state index in [2.05, 4.69) is 4.74 Å². The number of rotatable bonds is 4. The Balaban J connectivity index is 3.37. The summed E-state index contributed by atoms with van der Waals surface area (Å²) in [5, 5.41) is 8.03. The number of nitrogens with two attached hydrogens (primary N) is 1. The molecule has 0 radical (unpaired) electrons. The Labute approximate surface area is 51.4 Å². The average Bonchev–Trinajstić information content (AvgIpc) is 1.63. The van der Waals surface area contributed by atoms with Crippen LogP contribution < -0.4 is 5.73 Å². The molecule has 0 rings (SSSR count). The monoisotopic (exact) mass is 133 g/mol. The van der Waals surface area contributed by atoms with Gasteiger partial charge in [-0.2, -0.15) is 0 Å². The van der Waals surface area contributed by atoms with Gasteiger partial charge in [-0.05, 0) is 0 Å². The first kappa shape index (κ1) is 7.90. The third kappa shape index (κ3) is 4.76. The standard InChI is InChI=1S/C4H7NO4/c5-3(9-2-6)1-4(7)8/h2-3H,1,5H2,(H,7,8)/t3-/m1/s1. The molecule has 52 valence electrons. The maximum Gasteiger partial charge on any atom is 0.308 e. The molecule has 0 heterocycles. The van der Waals surface area contributed by atoms with Crippen molar-refractivity contribution >= 4 is 12.4 Å². The van der Waals surface area contributed by atoms with Gasteiger partial charge >= 0.3 is 5.97 Å². The quantitative estimate of drug-likeness (QED) is 0.376. The number of ether oxygens (including phenoxy) is 1. The highest BCUT2D eigenvalue weighted by Gasteiger charge is 2.06. The molecule has 0 amide bonds. The van der Waals surface area contributed by atoms with Crippen LogP contribution in [0.4, 0.5) is 0 Å². The summed E-state index contributed by atoms with van der Waals surface area (Å²) in [5.41, 5.74) is 4.95. The number of carboxylic acids is 1. The van der Waals surface area contributed by atoms with E-state index >= 15 is 0 Å².